The van der Waals surface area contributed by atoms with Crippen LogP contribution >= 0.6 is 0 Å². The van der Waals surface area contributed by atoms with Gasteiger partial charge in [0.1, 0.15) is 5.75 Å². The van der Waals surface area contributed by atoms with Gasteiger partial charge in [0.05, 0.1) is 7.11 Å². The van der Waals surface area contributed by atoms with Crippen LogP contribution in [0.5, 0.6) is 5.75 Å². The SMILES string of the molecule is COc1ccc(C(=O)/C=C/c2ccc(C(=O)NC(C)(C)C)cc2)cc1. The quantitative estimate of drug-likeness (QED) is 0.659. The van der Waals surface area contributed by atoms with E-state index in [1.54, 1.807) is 49.6 Å². The van der Waals surface area contributed by atoms with Gasteiger partial charge in [0.25, 0.3) is 5.91 Å². The molecule has 0 aromatic heterocycles. The molecule has 1 amide bonds. The number of hydrogen-bond donors (Lipinski definition) is 1. The van der Waals surface area contributed by atoms with Gasteiger partial charge in [-0.15, -0.1) is 0 Å². The van der Waals surface area contributed by atoms with Crippen molar-refractivity contribution in [3.8, 4) is 5.75 Å². The smallest absolute Gasteiger partial charge is 0.251 e. The van der Waals surface area contributed by atoms with Crippen LogP contribution in [0, 0.1) is 0 Å². The van der Waals surface area contributed by atoms with Gasteiger partial charge in [0, 0.05) is 16.7 Å². The minimum atomic E-state index is -0.277. The van der Waals surface area contributed by atoms with Crippen molar-refractivity contribution in [3.63, 3.8) is 0 Å². The van der Waals surface area contributed by atoms with E-state index in [0.29, 0.717) is 16.9 Å². The van der Waals surface area contributed by atoms with Crippen molar-refractivity contribution in [1.29, 1.82) is 0 Å². The van der Waals surface area contributed by atoms with E-state index in [1.807, 2.05) is 32.9 Å². The van der Waals surface area contributed by atoms with Crippen molar-refractivity contribution >= 4 is 17.8 Å². The molecule has 0 atom stereocenters. The van der Waals surface area contributed by atoms with Crippen LogP contribution in [-0.4, -0.2) is 24.3 Å². The number of carbonyl (C=O) groups is 2. The number of hydrogen-bond acceptors (Lipinski definition) is 3. The van der Waals surface area contributed by atoms with Gasteiger partial charge >= 0.3 is 0 Å². The summed E-state index contributed by atoms with van der Waals surface area (Å²) >= 11 is 0. The number of benzene rings is 2. The highest BCUT2D eigenvalue weighted by Crippen LogP contribution is 2.13. The van der Waals surface area contributed by atoms with Gasteiger partial charge in [-0.25, -0.2) is 0 Å². The summed E-state index contributed by atoms with van der Waals surface area (Å²) in [5.41, 5.74) is 1.77. The Morgan fingerprint density at radius 2 is 1.48 bits per heavy atom. The third-order valence-corrected chi connectivity index (χ3v) is 3.46. The van der Waals surface area contributed by atoms with E-state index in [-0.39, 0.29) is 17.2 Å². The second-order valence-corrected chi connectivity index (χ2v) is 6.75. The molecular weight excluding hydrogens is 314 g/mol. The summed E-state index contributed by atoms with van der Waals surface area (Å²) in [7, 11) is 1.59. The maximum atomic E-state index is 12.2. The molecule has 4 nitrogen and oxygen atoms in total. The zero-order valence-corrected chi connectivity index (χ0v) is 15.0. The third kappa shape index (κ3) is 5.60. The Bertz CT molecular complexity index is 766. The number of amides is 1. The summed E-state index contributed by atoms with van der Waals surface area (Å²) in [6, 6.07) is 14.1. The fourth-order valence-electron chi connectivity index (χ4n) is 2.18. The monoisotopic (exact) mass is 337 g/mol. The topological polar surface area (TPSA) is 55.4 Å². The largest absolute Gasteiger partial charge is 0.497 e. The average molecular weight is 337 g/mol. The number of nitrogens with one attached hydrogen (secondary N) is 1. The Morgan fingerprint density at radius 3 is 2.00 bits per heavy atom. The highest BCUT2D eigenvalue weighted by atomic mass is 16.5. The molecule has 0 bridgehead atoms. The Morgan fingerprint density at radius 1 is 0.920 bits per heavy atom. The number of methoxy groups -OCH3 is 1. The van der Waals surface area contributed by atoms with Gasteiger partial charge in [0.15, 0.2) is 5.78 Å². The van der Waals surface area contributed by atoms with Gasteiger partial charge in [0.2, 0.25) is 0 Å². The van der Waals surface area contributed by atoms with Crippen molar-refractivity contribution < 1.29 is 14.3 Å². The lowest BCUT2D eigenvalue weighted by molar-refractivity contribution is 0.0919. The van der Waals surface area contributed by atoms with E-state index in [1.165, 1.54) is 6.08 Å². The number of allylic oxidation sites excluding steroid dienone is 1. The summed E-state index contributed by atoms with van der Waals surface area (Å²) in [5.74, 6) is 0.513. The molecule has 0 saturated heterocycles. The van der Waals surface area contributed by atoms with Crippen molar-refractivity contribution in [3.05, 3.63) is 71.3 Å². The van der Waals surface area contributed by atoms with Crippen LogP contribution in [0.1, 0.15) is 47.1 Å². The summed E-state index contributed by atoms with van der Waals surface area (Å²) < 4.78 is 5.08. The normalized spacial score (nSPS) is 11.4. The zero-order chi connectivity index (χ0) is 18.4. The van der Waals surface area contributed by atoms with E-state index in [2.05, 4.69) is 5.32 Å². The molecular formula is C21H23NO3. The Balaban J connectivity index is 2.03. The lowest BCUT2D eigenvalue weighted by Gasteiger charge is -2.20. The summed E-state index contributed by atoms with van der Waals surface area (Å²) in [5, 5.41) is 2.91. The van der Waals surface area contributed by atoms with Crippen LogP contribution in [-0.2, 0) is 0 Å². The molecule has 2 rings (SSSR count). The first-order chi connectivity index (χ1) is 11.8. The summed E-state index contributed by atoms with van der Waals surface area (Å²) in [6.07, 6.45) is 3.25. The highest BCUT2D eigenvalue weighted by Gasteiger charge is 2.14. The van der Waals surface area contributed by atoms with Gasteiger partial charge in [-0.1, -0.05) is 18.2 Å². The fraction of sp³-hybridized carbons (Fsp3) is 0.238. The lowest BCUT2D eigenvalue weighted by Crippen LogP contribution is -2.40. The van der Waals surface area contributed by atoms with Gasteiger partial charge in [-0.3, -0.25) is 9.59 Å². The molecule has 0 aliphatic rings. The van der Waals surface area contributed by atoms with Crippen LogP contribution in [0.4, 0.5) is 0 Å². The predicted octanol–water partition coefficient (Wildman–Crippen LogP) is 4.12. The Labute approximate surface area is 148 Å². The number of carbonyl (C=O) groups excluding carboxylic acids is 2. The van der Waals surface area contributed by atoms with Crippen molar-refractivity contribution in [2.45, 2.75) is 26.3 Å². The van der Waals surface area contributed by atoms with Crippen LogP contribution in [0.2, 0.25) is 0 Å². The first-order valence-electron chi connectivity index (χ1n) is 8.07. The molecule has 130 valence electrons. The highest BCUT2D eigenvalue weighted by molar-refractivity contribution is 6.06. The van der Waals surface area contributed by atoms with Crippen LogP contribution < -0.4 is 10.1 Å². The van der Waals surface area contributed by atoms with E-state index in [0.717, 1.165) is 5.56 Å². The zero-order valence-electron chi connectivity index (χ0n) is 15.0. The van der Waals surface area contributed by atoms with Gasteiger partial charge in [-0.05, 0) is 68.8 Å². The number of rotatable bonds is 5. The molecule has 1 N–H and O–H groups in total. The molecule has 0 unspecified atom stereocenters. The molecule has 0 heterocycles. The minimum Gasteiger partial charge on any atom is -0.497 e. The van der Waals surface area contributed by atoms with Crippen molar-refractivity contribution in [2.24, 2.45) is 0 Å². The molecule has 2 aromatic carbocycles. The lowest BCUT2D eigenvalue weighted by atomic mass is 10.1. The molecule has 2 aromatic rings. The van der Waals surface area contributed by atoms with E-state index < -0.39 is 0 Å². The maximum Gasteiger partial charge on any atom is 0.251 e. The second-order valence-electron chi connectivity index (χ2n) is 6.75. The van der Waals surface area contributed by atoms with E-state index in [4.69, 9.17) is 4.74 Å². The summed E-state index contributed by atoms with van der Waals surface area (Å²) in [4.78, 5) is 24.2. The van der Waals surface area contributed by atoms with Crippen molar-refractivity contribution in [2.75, 3.05) is 7.11 Å². The van der Waals surface area contributed by atoms with E-state index in [9.17, 15) is 9.59 Å². The third-order valence-electron chi connectivity index (χ3n) is 3.46. The van der Waals surface area contributed by atoms with Gasteiger partial charge < -0.3 is 10.1 Å². The Hall–Kier alpha value is -2.88. The second kappa shape index (κ2) is 7.79. The minimum absolute atomic E-state index is 0.0859. The van der Waals surface area contributed by atoms with Crippen LogP contribution in [0.3, 0.4) is 0 Å². The fourth-order valence-corrected chi connectivity index (χ4v) is 2.18. The summed E-state index contributed by atoms with van der Waals surface area (Å²) in [6.45, 7) is 5.81. The molecule has 0 saturated carbocycles. The van der Waals surface area contributed by atoms with Gasteiger partial charge in [-0.2, -0.15) is 0 Å². The van der Waals surface area contributed by atoms with E-state index >= 15 is 0 Å². The molecule has 0 spiro atoms. The maximum absolute atomic E-state index is 12.2. The first kappa shape index (κ1) is 18.5. The number of ether oxygens (including phenoxy) is 1. The standard InChI is InChI=1S/C21H23NO3/c1-21(2,3)22-20(24)17-8-5-15(6-9-17)7-14-19(23)16-10-12-18(25-4)13-11-16/h5-14H,1-4H3,(H,22,24)/b14-7+. The van der Waals surface area contributed by atoms with Crippen molar-refractivity contribution in [1.82, 2.24) is 5.32 Å². The molecule has 25 heavy (non-hydrogen) atoms. The molecule has 0 aliphatic carbocycles. The first-order valence-corrected chi connectivity index (χ1v) is 8.07. The molecule has 0 aliphatic heterocycles. The predicted molar refractivity (Wildman–Crippen MR) is 100 cm³/mol. The molecule has 0 fully saturated rings. The Kier molecular flexibility index (Phi) is 5.75. The molecule has 0 radical (unpaired) electrons. The molecule has 4 heteroatoms. The average Bonchev–Trinajstić information content (AvgIpc) is 2.58. The van der Waals surface area contributed by atoms with Crippen LogP contribution in [0.15, 0.2) is 54.6 Å². The van der Waals surface area contributed by atoms with Crippen LogP contribution in [0.25, 0.3) is 6.08 Å². The number of ketones is 1.